The number of sulfonamides is 1. The Balaban J connectivity index is 1.58. The molecule has 0 spiro atoms. The molecule has 0 aliphatic carbocycles. The molecule has 0 saturated carbocycles. The maximum absolute atomic E-state index is 12.7. The largest absolute Gasteiger partial charge is 0.440 e. The molecule has 2 aromatic carbocycles. The number of hydrogen-bond donors (Lipinski definition) is 1. The van der Waals surface area contributed by atoms with E-state index in [0.29, 0.717) is 40.3 Å². The second-order valence-electron chi connectivity index (χ2n) is 7.80. The monoisotopic (exact) mass is 413 g/mol. The topological polar surface area (TPSA) is 92.5 Å². The molecule has 0 fully saturated rings. The van der Waals surface area contributed by atoms with Gasteiger partial charge in [0, 0.05) is 23.2 Å². The predicted molar refractivity (Wildman–Crippen MR) is 113 cm³/mol. The number of oxazole rings is 1. The molecule has 29 heavy (non-hydrogen) atoms. The fourth-order valence-corrected chi connectivity index (χ4v) is 4.99. The van der Waals surface area contributed by atoms with Crippen molar-refractivity contribution in [2.45, 2.75) is 39.2 Å². The lowest BCUT2D eigenvalue weighted by molar-refractivity contribution is 0.102. The minimum atomic E-state index is -3.35. The first-order valence-corrected chi connectivity index (χ1v) is 11.3. The Morgan fingerprint density at radius 2 is 2.00 bits per heavy atom. The zero-order valence-corrected chi connectivity index (χ0v) is 17.6. The summed E-state index contributed by atoms with van der Waals surface area (Å²) in [7, 11) is -3.35. The highest BCUT2D eigenvalue weighted by atomic mass is 32.2. The van der Waals surface area contributed by atoms with Crippen molar-refractivity contribution in [3.05, 3.63) is 53.4 Å². The zero-order chi connectivity index (χ0) is 20.9. The van der Waals surface area contributed by atoms with Crippen molar-refractivity contribution in [2.75, 3.05) is 15.9 Å². The molecule has 1 atom stereocenters. The molecule has 1 aliphatic heterocycles. The number of hydrogen-bond acceptors (Lipinski definition) is 5. The van der Waals surface area contributed by atoms with Gasteiger partial charge in [0.15, 0.2) is 11.5 Å². The number of aromatic nitrogens is 1. The summed E-state index contributed by atoms with van der Waals surface area (Å²) in [6, 6.07) is 10.3. The van der Waals surface area contributed by atoms with E-state index in [-0.39, 0.29) is 17.9 Å². The van der Waals surface area contributed by atoms with E-state index >= 15 is 0 Å². The van der Waals surface area contributed by atoms with Crippen LogP contribution in [0, 0.1) is 0 Å². The first-order chi connectivity index (χ1) is 13.6. The minimum absolute atomic E-state index is 0.164. The van der Waals surface area contributed by atoms with Crippen LogP contribution in [-0.2, 0) is 16.4 Å². The molecular formula is C21H23N3O4S. The average Bonchev–Trinajstić information content (AvgIpc) is 3.20. The smallest absolute Gasteiger partial charge is 0.255 e. The molecule has 4 rings (SSSR count). The van der Waals surface area contributed by atoms with Gasteiger partial charge in [-0.1, -0.05) is 13.8 Å². The van der Waals surface area contributed by atoms with Crippen molar-refractivity contribution in [1.29, 1.82) is 0 Å². The molecule has 0 bridgehead atoms. The van der Waals surface area contributed by atoms with Gasteiger partial charge in [0.25, 0.3) is 5.91 Å². The number of carbonyl (C=O) groups is 1. The maximum atomic E-state index is 12.7. The van der Waals surface area contributed by atoms with Gasteiger partial charge in [-0.25, -0.2) is 13.4 Å². The van der Waals surface area contributed by atoms with Gasteiger partial charge in [0.1, 0.15) is 5.52 Å². The number of fused-ring (bicyclic) bond motifs is 2. The lowest BCUT2D eigenvalue weighted by Gasteiger charge is -2.21. The number of benzene rings is 2. The quantitative estimate of drug-likeness (QED) is 0.700. The SMILES string of the molecule is CC(C)c1nc2cc(NC(=O)c3ccc4c(c3)CC(C)N4S(C)(=O)=O)ccc2o1. The number of nitrogens with one attached hydrogen (secondary N) is 1. The van der Waals surface area contributed by atoms with Gasteiger partial charge in [0.2, 0.25) is 10.0 Å². The number of anilines is 2. The van der Waals surface area contributed by atoms with Crippen molar-refractivity contribution in [1.82, 2.24) is 4.98 Å². The number of rotatable bonds is 4. The highest BCUT2D eigenvalue weighted by molar-refractivity contribution is 7.92. The van der Waals surface area contributed by atoms with Crippen LogP contribution in [0.15, 0.2) is 40.8 Å². The van der Waals surface area contributed by atoms with E-state index in [2.05, 4.69) is 10.3 Å². The molecule has 3 aromatic rings. The van der Waals surface area contributed by atoms with Crippen molar-refractivity contribution in [2.24, 2.45) is 0 Å². The Morgan fingerprint density at radius 3 is 2.69 bits per heavy atom. The van der Waals surface area contributed by atoms with Gasteiger partial charge >= 0.3 is 0 Å². The van der Waals surface area contributed by atoms with E-state index in [1.54, 1.807) is 36.4 Å². The Labute approximate surface area is 169 Å². The first kappa shape index (κ1) is 19.4. The van der Waals surface area contributed by atoms with Crippen molar-refractivity contribution >= 4 is 38.4 Å². The summed E-state index contributed by atoms with van der Waals surface area (Å²) >= 11 is 0. The van der Waals surface area contributed by atoms with E-state index < -0.39 is 10.0 Å². The van der Waals surface area contributed by atoms with Gasteiger partial charge in [-0.05, 0) is 55.3 Å². The normalized spacial score (nSPS) is 16.4. The molecule has 1 N–H and O–H groups in total. The summed E-state index contributed by atoms with van der Waals surface area (Å²) < 4.78 is 31.2. The van der Waals surface area contributed by atoms with Crippen LogP contribution in [0.4, 0.5) is 11.4 Å². The third-order valence-corrected chi connectivity index (χ3v) is 6.28. The van der Waals surface area contributed by atoms with Crippen LogP contribution >= 0.6 is 0 Å². The second-order valence-corrected chi connectivity index (χ2v) is 9.66. The molecule has 1 aliphatic rings. The maximum Gasteiger partial charge on any atom is 0.255 e. The molecule has 1 unspecified atom stereocenters. The second kappa shape index (κ2) is 6.88. The van der Waals surface area contributed by atoms with Crippen LogP contribution < -0.4 is 9.62 Å². The average molecular weight is 413 g/mol. The highest BCUT2D eigenvalue weighted by Gasteiger charge is 2.32. The van der Waals surface area contributed by atoms with E-state index in [0.717, 1.165) is 5.56 Å². The summed E-state index contributed by atoms with van der Waals surface area (Å²) in [4.78, 5) is 17.2. The molecule has 7 nitrogen and oxygen atoms in total. The first-order valence-electron chi connectivity index (χ1n) is 9.47. The lowest BCUT2D eigenvalue weighted by Crippen LogP contribution is -2.34. The van der Waals surface area contributed by atoms with Crippen LogP contribution in [0.3, 0.4) is 0 Å². The fourth-order valence-electron chi connectivity index (χ4n) is 3.72. The fraction of sp³-hybridized carbons (Fsp3) is 0.333. The molecule has 1 aromatic heterocycles. The van der Waals surface area contributed by atoms with Crippen LogP contribution in [0.5, 0.6) is 0 Å². The summed E-state index contributed by atoms with van der Waals surface area (Å²) in [6.45, 7) is 5.87. The number of amides is 1. The minimum Gasteiger partial charge on any atom is -0.440 e. The van der Waals surface area contributed by atoms with Crippen LogP contribution in [-0.4, -0.2) is 31.6 Å². The van der Waals surface area contributed by atoms with Gasteiger partial charge in [-0.3, -0.25) is 9.10 Å². The van der Waals surface area contributed by atoms with Crippen LogP contribution in [0.25, 0.3) is 11.1 Å². The number of nitrogens with zero attached hydrogens (tertiary/aromatic N) is 2. The Morgan fingerprint density at radius 1 is 1.24 bits per heavy atom. The summed E-state index contributed by atoms with van der Waals surface area (Å²) in [5, 5.41) is 2.88. The Hall–Kier alpha value is -2.87. The third-order valence-electron chi connectivity index (χ3n) is 5.01. The Kier molecular flexibility index (Phi) is 4.61. The van der Waals surface area contributed by atoms with Gasteiger partial charge in [0.05, 0.1) is 11.9 Å². The Bertz CT molecular complexity index is 1210. The van der Waals surface area contributed by atoms with Crippen LogP contribution in [0.2, 0.25) is 0 Å². The molecule has 2 heterocycles. The summed E-state index contributed by atoms with van der Waals surface area (Å²) in [6.07, 6.45) is 1.77. The predicted octanol–water partition coefficient (Wildman–Crippen LogP) is 3.91. The van der Waals surface area contributed by atoms with Crippen molar-refractivity contribution in [3.8, 4) is 0 Å². The molecule has 152 valence electrons. The third kappa shape index (κ3) is 3.60. The van der Waals surface area contributed by atoms with E-state index in [4.69, 9.17) is 4.42 Å². The number of carbonyl (C=O) groups excluding carboxylic acids is 1. The molecule has 8 heteroatoms. The van der Waals surface area contributed by atoms with Crippen molar-refractivity contribution < 1.29 is 17.6 Å². The highest BCUT2D eigenvalue weighted by Crippen LogP contribution is 2.35. The van der Waals surface area contributed by atoms with E-state index in [1.165, 1.54) is 10.6 Å². The van der Waals surface area contributed by atoms with Gasteiger partial charge in [-0.2, -0.15) is 0 Å². The van der Waals surface area contributed by atoms with E-state index in [9.17, 15) is 13.2 Å². The van der Waals surface area contributed by atoms with E-state index in [1.807, 2.05) is 20.8 Å². The summed E-state index contributed by atoms with van der Waals surface area (Å²) in [5.41, 5.74) is 3.97. The van der Waals surface area contributed by atoms with Gasteiger partial charge < -0.3 is 9.73 Å². The van der Waals surface area contributed by atoms with Gasteiger partial charge in [-0.15, -0.1) is 0 Å². The lowest BCUT2D eigenvalue weighted by atomic mass is 10.1. The van der Waals surface area contributed by atoms with Crippen molar-refractivity contribution in [3.63, 3.8) is 0 Å². The molecule has 1 amide bonds. The molecule has 0 radical (unpaired) electrons. The standard InChI is InChI=1S/C21H23N3O4S/c1-12(2)21-23-17-11-16(6-8-19(17)28-21)22-20(25)14-5-7-18-15(10-14)9-13(3)24(18)29(4,26)27/h5-8,10-13H,9H2,1-4H3,(H,22,25). The summed E-state index contributed by atoms with van der Waals surface area (Å²) in [5.74, 6) is 0.581. The van der Waals surface area contributed by atoms with Crippen LogP contribution in [0.1, 0.15) is 48.5 Å². The zero-order valence-electron chi connectivity index (χ0n) is 16.8. The molecular weight excluding hydrogens is 390 g/mol. The molecule has 0 saturated heterocycles.